The van der Waals surface area contributed by atoms with E-state index in [4.69, 9.17) is 5.73 Å². The number of phenolic OH excluding ortho intramolecular Hbond substituents is 1. The number of nitrogens with one attached hydrogen (secondary N) is 5. The molecule has 3 fully saturated rings. The lowest BCUT2D eigenvalue weighted by molar-refractivity contribution is -0.149. The number of aliphatic hydroxyl groups excluding tert-OH is 8. The lowest BCUT2D eigenvalue weighted by atomic mass is 9.91. The highest BCUT2D eigenvalue weighted by atomic mass is 16.3. The van der Waals surface area contributed by atoms with Gasteiger partial charge in [0.2, 0.25) is 47.3 Å². The summed E-state index contributed by atoms with van der Waals surface area (Å²) in [4.78, 5) is 112. The molecular weight excluding hydrogens is 985 g/mol. The number of unbranched alkanes of at least 4 members (excludes halogenated alkanes) is 5. The average molecular weight is 1070 g/mol. The number of benzene rings is 1. The number of rotatable bonds is 20. The van der Waals surface area contributed by atoms with Gasteiger partial charge in [-0.2, -0.15) is 0 Å². The van der Waals surface area contributed by atoms with Gasteiger partial charge in [-0.15, -0.1) is 0 Å². The van der Waals surface area contributed by atoms with Gasteiger partial charge in [-0.3, -0.25) is 38.4 Å². The summed E-state index contributed by atoms with van der Waals surface area (Å²) in [7, 11) is 0. The summed E-state index contributed by atoms with van der Waals surface area (Å²) in [5, 5.41) is 110. The molecule has 3 aliphatic rings. The Bertz CT molecular complexity index is 2100. The fraction of sp³-hybridized carbons (Fsp3) is 0.720. The quantitative estimate of drug-likeness (QED) is 0.0568. The van der Waals surface area contributed by atoms with Gasteiger partial charge in [0.15, 0.2) is 6.23 Å². The maximum absolute atomic E-state index is 14.4. The van der Waals surface area contributed by atoms with E-state index in [2.05, 4.69) is 47.4 Å². The average Bonchev–Trinajstić information content (AvgIpc) is 3.95. The van der Waals surface area contributed by atoms with Gasteiger partial charge in [-0.1, -0.05) is 77.8 Å². The molecule has 4 rings (SSSR count). The topological polar surface area (TPSA) is 411 Å². The number of nitrogens with zero attached hydrogens (tertiary/aromatic N) is 2. The standard InChI is InChI=1S/C50H80N8O17/c1-5-25(2)20-26(3)12-10-8-6-7-9-11-13-37(66)52-31-22-35(64)46(71)56-48(73)41-33(62)18-19-57(41)50(75)39(34(63)23-36(51)65)54-47(72)40(43(68)42(67)28-14-16-29(60)17-15-28)55-45(70)32-21-30(61)24-58(32)49(74)38(27(4)59)53-44(31)69/h14-17,25-27,30-35,38-43,46,59-64,67-68,71H,5-13,18-24H2,1-4H3,(H2,51,65)(H,52,66)(H,53,69)(H,54,72)(H,55,70)(H,56,73)/t25-,26+,27+,30+,31-,32-,33-,34+,35+,38?,39-,40?,41-,42-,43-,46+/m0/s1. The molecule has 0 bridgehead atoms. The first-order valence-corrected chi connectivity index (χ1v) is 26.0. The second-order valence-corrected chi connectivity index (χ2v) is 20.6. The smallest absolute Gasteiger partial charge is 0.248 e. The van der Waals surface area contributed by atoms with Crippen molar-refractivity contribution in [3.8, 4) is 5.75 Å². The van der Waals surface area contributed by atoms with Crippen LogP contribution in [0.5, 0.6) is 5.75 Å². The summed E-state index contributed by atoms with van der Waals surface area (Å²) in [6.07, 6.45) is -10.2. The van der Waals surface area contributed by atoms with E-state index in [1.807, 2.05) is 0 Å². The third-order valence-electron chi connectivity index (χ3n) is 14.3. The van der Waals surface area contributed by atoms with Gasteiger partial charge in [0.25, 0.3) is 0 Å². The first-order chi connectivity index (χ1) is 35.3. The van der Waals surface area contributed by atoms with Crippen molar-refractivity contribution >= 4 is 47.3 Å². The van der Waals surface area contributed by atoms with E-state index in [0.717, 1.165) is 74.6 Å². The number of primary amides is 1. The molecule has 25 heteroatoms. The summed E-state index contributed by atoms with van der Waals surface area (Å²) in [6, 6.07) is -7.37. The largest absolute Gasteiger partial charge is 0.508 e. The van der Waals surface area contributed by atoms with Gasteiger partial charge in [0.1, 0.15) is 60.3 Å². The molecule has 1 aromatic rings. The van der Waals surface area contributed by atoms with Crippen LogP contribution in [0.4, 0.5) is 0 Å². The molecule has 1 aromatic carbocycles. The molecule has 0 saturated carbocycles. The minimum Gasteiger partial charge on any atom is -0.508 e. The molecule has 75 heavy (non-hydrogen) atoms. The Morgan fingerprint density at radius 1 is 0.720 bits per heavy atom. The second kappa shape index (κ2) is 29.1. The minimum atomic E-state index is -2.36. The molecule has 3 aliphatic heterocycles. The Kier molecular flexibility index (Phi) is 24.1. The van der Waals surface area contributed by atoms with E-state index < -0.39 is 165 Å². The van der Waals surface area contributed by atoms with Gasteiger partial charge < -0.3 is 88.1 Å². The Morgan fingerprint density at radius 2 is 1.32 bits per heavy atom. The van der Waals surface area contributed by atoms with Crippen LogP contribution in [-0.2, 0) is 38.4 Å². The molecule has 3 heterocycles. The zero-order valence-corrected chi connectivity index (χ0v) is 43.1. The number of aromatic hydroxyl groups is 1. The Balaban J connectivity index is 1.69. The molecule has 422 valence electrons. The number of phenols is 1. The Labute approximate surface area is 436 Å². The van der Waals surface area contributed by atoms with Crippen LogP contribution >= 0.6 is 0 Å². The van der Waals surface area contributed by atoms with Crippen molar-refractivity contribution in [3.63, 3.8) is 0 Å². The maximum Gasteiger partial charge on any atom is 0.248 e. The first-order valence-electron chi connectivity index (χ1n) is 26.0. The summed E-state index contributed by atoms with van der Waals surface area (Å²) in [5.41, 5.74) is 5.21. The SMILES string of the molecule is CC[C@H](C)C[C@H](C)CCCCCCCCC(=O)N[C@H]1C[C@@H](O)[C@@H](O)NC(=O)[C@@H]2[C@@H](O)CCN2C(=O)[C@H]([C@H](O)CC(N)=O)NC(=O)C([C@H](O)[C@@H](O)c2ccc(O)cc2)NC(=O)[C@@H]2C[C@@H](O)CN2C(=O)C([C@@H](C)O)NC1=O. The lowest BCUT2D eigenvalue weighted by Gasteiger charge is -2.34. The molecule has 0 radical (unpaired) electrons. The molecule has 16 N–H and O–H groups in total. The van der Waals surface area contributed by atoms with Crippen LogP contribution in [0.2, 0.25) is 0 Å². The monoisotopic (exact) mass is 1060 g/mol. The molecule has 16 atom stereocenters. The van der Waals surface area contributed by atoms with Crippen molar-refractivity contribution < 1.29 is 84.3 Å². The maximum atomic E-state index is 14.4. The zero-order chi connectivity index (χ0) is 55.8. The fourth-order valence-electron chi connectivity index (χ4n) is 9.79. The van der Waals surface area contributed by atoms with Crippen LogP contribution in [0.3, 0.4) is 0 Å². The van der Waals surface area contributed by atoms with E-state index in [-0.39, 0.29) is 24.2 Å². The molecule has 8 amide bonds. The highest BCUT2D eigenvalue weighted by Crippen LogP contribution is 2.27. The molecule has 3 saturated heterocycles. The van der Waals surface area contributed by atoms with Crippen molar-refractivity contribution in [1.82, 2.24) is 36.4 Å². The molecule has 2 unspecified atom stereocenters. The molecule has 25 nitrogen and oxygen atoms in total. The van der Waals surface area contributed by atoms with Crippen molar-refractivity contribution in [3.05, 3.63) is 29.8 Å². The van der Waals surface area contributed by atoms with E-state index in [1.165, 1.54) is 6.42 Å². The number of carbonyl (C=O) groups excluding carboxylic acids is 8. The van der Waals surface area contributed by atoms with E-state index in [0.29, 0.717) is 29.6 Å². The summed E-state index contributed by atoms with van der Waals surface area (Å²) < 4.78 is 0. The van der Waals surface area contributed by atoms with Crippen LogP contribution < -0.4 is 32.3 Å². The first kappa shape index (κ1) is 62.0. The van der Waals surface area contributed by atoms with Gasteiger partial charge in [-0.05, 0) is 55.7 Å². The number of nitrogens with two attached hydrogens (primary N) is 1. The number of aliphatic hydroxyl groups is 8. The highest BCUT2D eigenvalue weighted by Gasteiger charge is 2.49. The third kappa shape index (κ3) is 17.8. The van der Waals surface area contributed by atoms with E-state index in [9.17, 15) is 84.3 Å². The number of fused-ring (bicyclic) bond motifs is 2. The van der Waals surface area contributed by atoms with Gasteiger partial charge in [0.05, 0.1) is 30.8 Å². The van der Waals surface area contributed by atoms with Crippen molar-refractivity contribution in [2.24, 2.45) is 17.6 Å². The molecular formula is C50H80N8O17. The van der Waals surface area contributed by atoms with E-state index >= 15 is 0 Å². The van der Waals surface area contributed by atoms with Crippen LogP contribution in [0.1, 0.15) is 129 Å². The molecule has 0 spiro atoms. The number of amides is 8. The number of carbonyl (C=O) groups is 8. The Hall–Kier alpha value is -5.54. The summed E-state index contributed by atoms with van der Waals surface area (Å²) in [5.74, 6) is -8.59. The second-order valence-electron chi connectivity index (χ2n) is 20.6. The van der Waals surface area contributed by atoms with Gasteiger partial charge in [0, 0.05) is 32.4 Å². The highest BCUT2D eigenvalue weighted by molar-refractivity contribution is 5.98. The van der Waals surface area contributed by atoms with Crippen LogP contribution in [-0.4, -0.2) is 195 Å². The molecule has 0 aromatic heterocycles. The number of hydrogen-bond donors (Lipinski definition) is 15. The van der Waals surface area contributed by atoms with E-state index in [1.54, 1.807) is 0 Å². The number of hydrogen-bond acceptors (Lipinski definition) is 17. The van der Waals surface area contributed by atoms with Crippen molar-refractivity contribution in [2.45, 2.75) is 203 Å². The van der Waals surface area contributed by atoms with Gasteiger partial charge >= 0.3 is 0 Å². The van der Waals surface area contributed by atoms with Crippen molar-refractivity contribution in [2.75, 3.05) is 13.1 Å². The van der Waals surface area contributed by atoms with Crippen LogP contribution in [0.15, 0.2) is 24.3 Å². The van der Waals surface area contributed by atoms with Gasteiger partial charge in [-0.25, -0.2) is 0 Å². The van der Waals surface area contributed by atoms with Crippen LogP contribution in [0, 0.1) is 11.8 Å². The zero-order valence-electron chi connectivity index (χ0n) is 43.1. The van der Waals surface area contributed by atoms with Crippen LogP contribution in [0.25, 0.3) is 0 Å². The predicted octanol–water partition coefficient (Wildman–Crippen LogP) is -3.34. The summed E-state index contributed by atoms with van der Waals surface area (Å²) >= 11 is 0. The predicted molar refractivity (Wildman–Crippen MR) is 265 cm³/mol. The normalized spacial score (nSPS) is 29.0. The fourth-order valence-corrected chi connectivity index (χ4v) is 9.79. The third-order valence-corrected chi connectivity index (χ3v) is 14.3. The lowest BCUT2D eigenvalue weighted by Crippen LogP contribution is -2.64. The molecule has 0 aliphatic carbocycles. The van der Waals surface area contributed by atoms with Crippen molar-refractivity contribution in [1.29, 1.82) is 0 Å². The Morgan fingerprint density at radius 3 is 1.95 bits per heavy atom. The summed E-state index contributed by atoms with van der Waals surface area (Å²) in [6.45, 7) is 6.76. The minimum absolute atomic E-state index is 0.0795.